The third-order valence-electron chi connectivity index (χ3n) is 3.23. The fourth-order valence-corrected chi connectivity index (χ4v) is 2.92. The molecule has 0 aliphatic carbocycles. The summed E-state index contributed by atoms with van der Waals surface area (Å²) in [6.07, 6.45) is 4.25. The number of fused-ring (bicyclic) bond motifs is 1. The lowest BCUT2D eigenvalue weighted by Crippen LogP contribution is -2.23. The van der Waals surface area contributed by atoms with E-state index in [1.165, 1.54) is 5.39 Å². The van der Waals surface area contributed by atoms with Crippen molar-refractivity contribution in [2.45, 2.75) is 6.42 Å². The summed E-state index contributed by atoms with van der Waals surface area (Å²) in [7, 11) is 0. The molecule has 1 amide bonds. The molecule has 0 fully saturated rings. The van der Waals surface area contributed by atoms with Crippen LogP contribution < -0.4 is 5.32 Å². The van der Waals surface area contributed by atoms with E-state index >= 15 is 0 Å². The van der Waals surface area contributed by atoms with E-state index in [1.54, 1.807) is 17.8 Å². The lowest BCUT2D eigenvalue weighted by molar-refractivity contribution is -0.116. The number of aliphatic hydroxyl groups is 1. The first kappa shape index (κ1) is 16.6. The van der Waals surface area contributed by atoms with Crippen molar-refractivity contribution in [3.8, 4) is 0 Å². The molecule has 0 aliphatic rings. The Labute approximate surface area is 135 Å². The number of benzene rings is 2. The van der Waals surface area contributed by atoms with Gasteiger partial charge in [0.25, 0.3) is 0 Å². The van der Waals surface area contributed by atoms with Gasteiger partial charge in [-0.1, -0.05) is 42.5 Å². The number of rotatable bonds is 8. The number of hydrogen-bond donors (Lipinski definition) is 2. The van der Waals surface area contributed by atoms with Gasteiger partial charge in [-0.3, -0.25) is 4.79 Å². The smallest absolute Gasteiger partial charge is 0.244 e. The van der Waals surface area contributed by atoms with E-state index in [0.29, 0.717) is 6.54 Å². The molecule has 0 unspecified atom stereocenters. The van der Waals surface area contributed by atoms with Crippen molar-refractivity contribution in [2.24, 2.45) is 0 Å². The average Bonchev–Trinajstić information content (AvgIpc) is 2.56. The van der Waals surface area contributed by atoms with Gasteiger partial charge in [-0.2, -0.15) is 11.8 Å². The Morgan fingerprint density at radius 2 is 1.95 bits per heavy atom. The van der Waals surface area contributed by atoms with E-state index in [-0.39, 0.29) is 12.5 Å². The molecule has 0 saturated heterocycles. The molecule has 0 radical (unpaired) electrons. The van der Waals surface area contributed by atoms with Crippen LogP contribution in [0.3, 0.4) is 0 Å². The van der Waals surface area contributed by atoms with Crippen LogP contribution in [0.5, 0.6) is 0 Å². The topological polar surface area (TPSA) is 49.3 Å². The Bertz CT molecular complexity index is 635. The molecule has 3 nitrogen and oxygen atoms in total. The fraction of sp³-hybridized carbons (Fsp3) is 0.278. The molecule has 2 rings (SSSR count). The molecule has 4 heteroatoms. The maximum atomic E-state index is 11.8. The van der Waals surface area contributed by atoms with Crippen molar-refractivity contribution >= 4 is 34.5 Å². The van der Waals surface area contributed by atoms with Crippen LogP contribution in [-0.4, -0.2) is 35.7 Å². The summed E-state index contributed by atoms with van der Waals surface area (Å²) in [6.45, 7) is 0.877. The van der Waals surface area contributed by atoms with Crippen molar-refractivity contribution in [2.75, 3.05) is 24.7 Å². The predicted molar refractivity (Wildman–Crippen MR) is 95.0 cm³/mol. The number of hydrogen-bond acceptors (Lipinski definition) is 3. The third kappa shape index (κ3) is 5.20. The molecule has 0 aliphatic heterocycles. The van der Waals surface area contributed by atoms with Crippen molar-refractivity contribution in [3.05, 3.63) is 54.1 Å². The molecule has 2 N–H and O–H groups in total. The summed E-state index contributed by atoms with van der Waals surface area (Å²) in [5, 5.41) is 13.9. The van der Waals surface area contributed by atoms with E-state index in [4.69, 9.17) is 5.11 Å². The minimum atomic E-state index is -0.0734. The summed E-state index contributed by atoms with van der Waals surface area (Å²) in [4.78, 5) is 11.8. The molecule has 0 heterocycles. The summed E-state index contributed by atoms with van der Waals surface area (Å²) >= 11 is 1.74. The Hall–Kier alpha value is -1.78. The third-order valence-corrected chi connectivity index (χ3v) is 4.30. The second-order valence-electron chi connectivity index (χ2n) is 4.88. The molecule has 0 aromatic heterocycles. The van der Waals surface area contributed by atoms with Gasteiger partial charge in [-0.15, -0.1) is 0 Å². The maximum absolute atomic E-state index is 11.8. The summed E-state index contributed by atoms with van der Waals surface area (Å²) in [6, 6.07) is 14.2. The Kier molecular flexibility index (Phi) is 7.00. The summed E-state index contributed by atoms with van der Waals surface area (Å²) in [5.41, 5.74) is 1.05. The molecule has 2 aromatic carbocycles. The standard InChI is InChI=1S/C18H21NO2S/c20-12-4-13-22-14-11-19-18(21)10-9-16-7-3-6-15-5-1-2-8-17(15)16/h1-3,5-10,20H,4,11-14H2,(H,19,21)/b10-9+. The second-order valence-corrected chi connectivity index (χ2v) is 6.11. The largest absolute Gasteiger partial charge is 0.396 e. The first-order valence-corrected chi connectivity index (χ1v) is 8.59. The minimum absolute atomic E-state index is 0.0734. The highest BCUT2D eigenvalue weighted by molar-refractivity contribution is 7.99. The molecule has 0 saturated carbocycles. The van der Waals surface area contributed by atoms with Crippen molar-refractivity contribution in [1.29, 1.82) is 0 Å². The van der Waals surface area contributed by atoms with Crippen LogP contribution in [0.4, 0.5) is 0 Å². The normalized spacial score (nSPS) is 11.1. The van der Waals surface area contributed by atoms with Crippen molar-refractivity contribution < 1.29 is 9.90 Å². The second kappa shape index (κ2) is 9.28. The van der Waals surface area contributed by atoms with Crippen LogP contribution in [0.25, 0.3) is 16.8 Å². The molecule has 0 atom stereocenters. The Balaban J connectivity index is 1.84. The van der Waals surface area contributed by atoms with E-state index in [9.17, 15) is 4.79 Å². The summed E-state index contributed by atoms with van der Waals surface area (Å²) < 4.78 is 0. The van der Waals surface area contributed by atoms with Gasteiger partial charge >= 0.3 is 0 Å². The molecular weight excluding hydrogens is 294 g/mol. The molecule has 0 spiro atoms. The monoisotopic (exact) mass is 315 g/mol. The van der Waals surface area contributed by atoms with E-state index in [1.807, 2.05) is 30.3 Å². The number of aliphatic hydroxyl groups excluding tert-OH is 1. The van der Waals surface area contributed by atoms with Gasteiger partial charge in [0, 0.05) is 25.0 Å². The number of nitrogens with one attached hydrogen (secondary N) is 1. The van der Waals surface area contributed by atoms with Crippen LogP contribution >= 0.6 is 11.8 Å². The van der Waals surface area contributed by atoms with E-state index in [2.05, 4.69) is 23.5 Å². The van der Waals surface area contributed by atoms with E-state index < -0.39 is 0 Å². The van der Waals surface area contributed by atoms with Gasteiger partial charge in [-0.05, 0) is 34.6 Å². The molecule has 22 heavy (non-hydrogen) atoms. The summed E-state index contributed by atoms with van der Waals surface area (Å²) in [5.74, 6) is 1.72. The van der Waals surface area contributed by atoms with Crippen LogP contribution in [0.2, 0.25) is 0 Å². The first-order valence-electron chi connectivity index (χ1n) is 7.43. The van der Waals surface area contributed by atoms with Gasteiger partial charge in [-0.25, -0.2) is 0 Å². The zero-order chi connectivity index (χ0) is 15.6. The zero-order valence-electron chi connectivity index (χ0n) is 12.5. The molecule has 0 bridgehead atoms. The van der Waals surface area contributed by atoms with Gasteiger partial charge in [0.05, 0.1) is 0 Å². The van der Waals surface area contributed by atoms with Crippen molar-refractivity contribution in [1.82, 2.24) is 5.32 Å². The lowest BCUT2D eigenvalue weighted by atomic mass is 10.0. The highest BCUT2D eigenvalue weighted by Gasteiger charge is 1.98. The van der Waals surface area contributed by atoms with Crippen LogP contribution in [0.15, 0.2) is 48.5 Å². The highest BCUT2D eigenvalue weighted by Crippen LogP contribution is 2.19. The van der Waals surface area contributed by atoms with Gasteiger partial charge < -0.3 is 10.4 Å². The maximum Gasteiger partial charge on any atom is 0.244 e. The predicted octanol–water partition coefficient (Wildman–Crippen LogP) is 3.08. The molecular formula is C18H21NO2S. The minimum Gasteiger partial charge on any atom is -0.396 e. The molecule has 2 aromatic rings. The van der Waals surface area contributed by atoms with Gasteiger partial charge in [0.2, 0.25) is 5.91 Å². The number of carbonyl (C=O) groups is 1. The quantitative estimate of drug-likeness (QED) is 0.581. The SMILES string of the molecule is O=C(/C=C/c1cccc2ccccc12)NCCSCCCO. The van der Waals surface area contributed by atoms with Crippen molar-refractivity contribution in [3.63, 3.8) is 0 Å². The fourth-order valence-electron chi connectivity index (χ4n) is 2.14. The number of thioether (sulfide) groups is 1. The first-order chi connectivity index (χ1) is 10.8. The lowest BCUT2D eigenvalue weighted by Gasteiger charge is -2.03. The highest BCUT2D eigenvalue weighted by atomic mass is 32.2. The van der Waals surface area contributed by atoms with Crippen LogP contribution in [-0.2, 0) is 4.79 Å². The van der Waals surface area contributed by atoms with Crippen LogP contribution in [0.1, 0.15) is 12.0 Å². The number of carbonyl (C=O) groups excluding carboxylic acids is 1. The van der Waals surface area contributed by atoms with Crippen LogP contribution in [0, 0.1) is 0 Å². The molecule has 116 valence electrons. The van der Waals surface area contributed by atoms with Gasteiger partial charge in [0.15, 0.2) is 0 Å². The van der Waals surface area contributed by atoms with E-state index in [0.717, 1.165) is 28.9 Å². The Morgan fingerprint density at radius 1 is 1.14 bits per heavy atom. The number of amides is 1. The average molecular weight is 315 g/mol. The zero-order valence-corrected chi connectivity index (χ0v) is 13.3. The Morgan fingerprint density at radius 3 is 2.82 bits per heavy atom. The van der Waals surface area contributed by atoms with Gasteiger partial charge in [0.1, 0.15) is 0 Å².